The van der Waals surface area contributed by atoms with E-state index in [0.717, 1.165) is 23.0 Å². The SMILES string of the molecule is C[C@@H]1CCCCN1C1CN(Cc2ccc(Cl)s2)C1. The summed E-state index contributed by atoms with van der Waals surface area (Å²) in [5.41, 5.74) is 0. The lowest BCUT2D eigenvalue weighted by Crippen LogP contribution is -2.61. The zero-order valence-corrected chi connectivity index (χ0v) is 12.5. The summed E-state index contributed by atoms with van der Waals surface area (Å²) in [5, 5.41) is 0. The summed E-state index contributed by atoms with van der Waals surface area (Å²) in [6.07, 6.45) is 4.19. The van der Waals surface area contributed by atoms with Crippen LogP contribution in [-0.2, 0) is 6.54 Å². The fraction of sp³-hybridized carbons (Fsp3) is 0.714. The van der Waals surface area contributed by atoms with Crippen LogP contribution in [0.5, 0.6) is 0 Å². The Bertz CT molecular complexity index is 400. The molecule has 18 heavy (non-hydrogen) atoms. The smallest absolute Gasteiger partial charge is 0.0931 e. The molecule has 2 aliphatic rings. The predicted molar refractivity (Wildman–Crippen MR) is 78.4 cm³/mol. The Kier molecular flexibility index (Phi) is 3.94. The van der Waals surface area contributed by atoms with Crippen LogP contribution in [-0.4, -0.2) is 41.5 Å². The minimum Gasteiger partial charge on any atom is -0.295 e. The van der Waals surface area contributed by atoms with Crippen molar-refractivity contribution in [1.29, 1.82) is 0 Å². The van der Waals surface area contributed by atoms with Crippen LogP contribution in [0.4, 0.5) is 0 Å². The quantitative estimate of drug-likeness (QED) is 0.839. The molecule has 2 fully saturated rings. The fourth-order valence-corrected chi connectivity index (χ4v) is 4.33. The number of nitrogens with zero attached hydrogens (tertiary/aromatic N) is 2. The Morgan fingerprint density at radius 1 is 1.33 bits per heavy atom. The van der Waals surface area contributed by atoms with Gasteiger partial charge in [-0.25, -0.2) is 0 Å². The number of thiophene rings is 1. The highest BCUT2D eigenvalue weighted by Gasteiger charge is 2.34. The summed E-state index contributed by atoms with van der Waals surface area (Å²) in [6, 6.07) is 5.76. The Morgan fingerprint density at radius 3 is 2.83 bits per heavy atom. The van der Waals surface area contributed by atoms with Crippen LogP contribution >= 0.6 is 22.9 Å². The fourth-order valence-electron chi connectivity index (χ4n) is 3.20. The Hall–Kier alpha value is -0.0900. The first kappa shape index (κ1) is 12.9. The van der Waals surface area contributed by atoms with Crippen molar-refractivity contribution >= 4 is 22.9 Å². The second kappa shape index (κ2) is 5.49. The van der Waals surface area contributed by atoms with E-state index in [1.807, 2.05) is 6.07 Å². The van der Waals surface area contributed by atoms with Crippen LogP contribution < -0.4 is 0 Å². The normalized spacial score (nSPS) is 27.3. The van der Waals surface area contributed by atoms with Crippen molar-refractivity contribution in [3.8, 4) is 0 Å². The van der Waals surface area contributed by atoms with E-state index in [9.17, 15) is 0 Å². The summed E-state index contributed by atoms with van der Waals surface area (Å²) in [6.45, 7) is 7.25. The van der Waals surface area contributed by atoms with E-state index in [1.54, 1.807) is 11.3 Å². The number of halogens is 1. The first-order valence-electron chi connectivity index (χ1n) is 6.94. The molecule has 4 heteroatoms. The molecule has 0 N–H and O–H groups in total. The lowest BCUT2D eigenvalue weighted by Gasteiger charge is -2.49. The highest BCUT2D eigenvalue weighted by molar-refractivity contribution is 7.16. The summed E-state index contributed by atoms with van der Waals surface area (Å²) in [5.74, 6) is 0. The molecule has 0 aromatic carbocycles. The average molecular weight is 285 g/mol. The summed E-state index contributed by atoms with van der Waals surface area (Å²) < 4.78 is 0.909. The molecule has 0 unspecified atom stereocenters. The number of piperidine rings is 1. The standard InChI is InChI=1S/C14H21ClN2S/c1-11-4-2-3-7-17(11)12-8-16(9-12)10-13-5-6-14(15)18-13/h5-6,11-12H,2-4,7-10H2,1H3/t11-/m1/s1. The third kappa shape index (κ3) is 2.74. The molecule has 2 saturated heterocycles. The number of rotatable bonds is 3. The summed E-state index contributed by atoms with van der Waals surface area (Å²) >= 11 is 7.68. The van der Waals surface area contributed by atoms with Crippen molar-refractivity contribution in [2.75, 3.05) is 19.6 Å². The van der Waals surface area contributed by atoms with E-state index in [2.05, 4.69) is 22.8 Å². The van der Waals surface area contributed by atoms with Gasteiger partial charge in [0.25, 0.3) is 0 Å². The van der Waals surface area contributed by atoms with E-state index in [4.69, 9.17) is 11.6 Å². The Balaban J connectivity index is 1.48. The van der Waals surface area contributed by atoms with Crippen LogP contribution in [0.3, 0.4) is 0 Å². The predicted octanol–water partition coefficient (Wildman–Crippen LogP) is 3.46. The average Bonchev–Trinajstić information content (AvgIpc) is 2.70. The zero-order chi connectivity index (χ0) is 12.5. The first-order chi connectivity index (χ1) is 8.72. The summed E-state index contributed by atoms with van der Waals surface area (Å²) in [7, 11) is 0. The molecule has 2 aliphatic heterocycles. The van der Waals surface area contributed by atoms with Gasteiger partial charge in [0.2, 0.25) is 0 Å². The van der Waals surface area contributed by atoms with Crippen molar-refractivity contribution in [2.24, 2.45) is 0 Å². The minimum atomic E-state index is 0.794. The number of hydrogen-bond donors (Lipinski definition) is 0. The molecule has 1 atom stereocenters. The highest BCUT2D eigenvalue weighted by atomic mass is 35.5. The molecule has 1 aromatic heterocycles. The third-order valence-corrected chi connectivity index (χ3v) is 5.49. The van der Waals surface area contributed by atoms with Crippen molar-refractivity contribution < 1.29 is 0 Å². The van der Waals surface area contributed by atoms with Crippen LogP contribution in [0.15, 0.2) is 12.1 Å². The molecule has 1 aromatic rings. The molecule has 0 aliphatic carbocycles. The molecule has 3 heterocycles. The maximum absolute atomic E-state index is 5.97. The van der Waals surface area contributed by atoms with Gasteiger partial charge < -0.3 is 0 Å². The van der Waals surface area contributed by atoms with Gasteiger partial charge in [-0.3, -0.25) is 9.80 Å². The Morgan fingerprint density at radius 2 is 2.17 bits per heavy atom. The molecule has 0 radical (unpaired) electrons. The molecule has 3 rings (SSSR count). The van der Waals surface area contributed by atoms with Crippen LogP contribution in [0.1, 0.15) is 31.1 Å². The van der Waals surface area contributed by atoms with Crippen molar-refractivity contribution in [2.45, 2.75) is 44.8 Å². The van der Waals surface area contributed by atoms with Crippen LogP contribution in [0, 0.1) is 0 Å². The first-order valence-corrected chi connectivity index (χ1v) is 8.14. The van der Waals surface area contributed by atoms with Gasteiger partial charge in [0.15, 0.2) is 0 Å². The van der Waals surface area contributed by atoms with Gasteiger partial charge in [-0.1, -0.05) is 18.0 Å². The van der Waals surface area contributed by atoms with Gasteiger partial charge in [-0.15, -0.1) is 11.3 Å². The van der Waals surface area contributed by atoms with Crippen molar-refractivity contribution in [3.05, 3.63) is 21.3 Å². The van der Waals surface area contributed by atoms with Crippen LogP contribution in [0.25, 0.3) is 0 Å². The number of hydrogen-bond acceptors (Lipinski definition) is 3. The van der Waals surface area contributed by atoms with E-state index in [1.165, 1.54) is 43.8 Å². The second-order valence-corrected chi connectivity index (χ2v) is 7.44. The molecular weight excluding hydrogens is 264 g/mol. The van der Waals surface area contributed by atoms with E-state index in [-0.39, 0.29) is 0 Å². The van der Waals surface area contributed by atoms with Crippen molar-refractivity contribution in [3.63, 3.8) is 0 Å². The van der Waals surface area contributed by atoms with Gasteiger partial charge in [0.1, 0.15) is 0 Å². The van der Waals surface area contributed by atoms with E-state index < -0.39 is 0 Å². The van der Waals surface area contributed by atoms with Gasteiger partial charge >= 0.3 is 0 Å². The monoisotopic (exact) mass is 284 g/mol. The zero-order valence-electron chi connectivity index (χ0n) is 10.9. The lowest BCUT2D eigenvalue weighted by molar-refractivity contribution is -0.00574. The number of likely N-dealkylation sites (tertiary alicyclic amines) is 2. The van der Waals surface area contributed by atoms with Crippen LogP contribution in [0.2, 0.25) is 4.34 Å². The van der Waals surface area contributed by atoms with Gasteiger partial charge in [-0.05, 0) is 38.4 Å². The Labute approximate surface area is 119 Å². The van der Waals surface area contributed by atoms with Gasteiger partial charge in [-0.2, -0.15) is 0 Å². The molecule has 2 nitrogen and oxygen atoms in total. The molecule has 0 amide bonds. The molecule has 0 spiro atoms. The largest absolute Gasteiger partial charge is 0.295 e. The second-order valence-electron chi connectivity index (χ2n) is 5.64. The molecule has 0 saturated carbocycles. The highest BCUT2D eigenvalue weighted by Crippen LogP contribution is 2.28. The minimum absolute atomic E-state index is 0.794. The maximum Gasteiger partial charge on any atom is 0.0931 e. The van der Waals surface area contributed by atoms with E-state index in [0.29, 0.717) is 0 Å². The van der Waals surface area contributed by atoms with E-state index >= 15 is 0 Å². The molecular formula is C14H21ClN2S. The molecule has 0 bridgehead atoms. The van der Waals surface area contributed by atoms with Crippen molar-refractivity contribution in [1.82, 2.24) is 9.80 Å². The lowest BCUT2D eigenvalue weighted by atomic mass is 9.97. The third-order valence-electron chi connectivity index (χ3n) is 4.27. The molecule has 100 valence electrons. The van der Waals surface area contributed by atoms with Gasteiger partial charge in [0.05, 0.1) is 4.34 Å². The van der Waals surface area contributed by atoms with Gasteiger partial charge in [0, 0.05) is 36.6 Å². The summed E-state index contributed by atoms with van der Waals surface area (Å²) in [4.78, 5) is 6.65. The topological polar surface area (TPSA) is 6.48 Å². The maximum atomic E-state index is 5.97.